The maximum absolute atomic E-state index is 12.5. The molecule has 1 aromatic carbocycles. The van der Waals surface area contributed by atoms with Gasteiger partial charge in [0.1, 0.15) is 0 Å². The summed E-state index contributed by atoms with van der Waals surface area (Å²) in [6.07, 6.45) is 0.994. The second kappa shape index (κ2) is 6.31. The van der Waals surface area contributed by atoms with Gasteiger partial charge in [0.15, 0.2) is 0 Å². The summed E-state index contributed by atoms with van der Waals surface area (Å²) in [4.78, 5) is 0.978. The molecule has 3 unspecified atom stereocenters. The average molecular weight is 253 g/mol. The Hall–Kier alpha value is -0.670. The number of nitrogens with one attached hydrogen (secondary N) is 1. The first kappa shape index (κ1) is 14.4. The summed E-state index contributed by atoms with van der Waals surface area (Å²) in [5.41, 5.74) is 2.29. The Bertz CT molecular complexity index is 399. The highest BCUT2D eigenvalue weighted by molar-refractivity contribution is 7.85. The summed E-state index contributed by atoms with van der Waals surface area (Å²) >= 11 is 0. The van der Waals surface area contributed by atoms with E-state index in [1.165, 1.54) is 5.56 Å². The van der Waals surface area contributed by atoms with Crippen molar-refractivity contribution in [1.29, 1.82) is 0 Å². The van der Waals surface area contributed by atoms with E-state index in [1.807, 2.05) is 27.0 Å². The first-order chi connectivity index (χ1) is 8.01. The highest BCUT2D eigenvalue weighted by Gasteiger charge is 2.22. The van der Waals surface area contributed by atoms with Crippen molar-refractivity contribution >= 4 is 10.8 Å². The molecule has 0 aliphatic rings. The van der Waals surface area contributed by atoms with E-state index < -0.39 is 10.8 Å². The van der Waals surface area contributed by atoms with Gasteiger partial charge in [0.25, 0.3) is 0 Å². The lowest BCUT2D eigenvalue weighted by Gasteiger charge is -2.22. The topological polar surface area (TPSA) is 29.1 Å². The van der Waals surface area contributed by atoms with Gasteiger partial charge < -0.3 is 5.32 Å². The molecule has 0 fully saturated rings. The molecule has 96 valence electrons. The number of hydrogen-bond acceptors (Lipinski definition) is 2. The average Bonchev–Trinajstić information content (AvgIpc) is 2.32. The monoisotopic (exact) mass is 253 g/mol. The van der Waals surface area contributed by atoms with E-state index in [0.29, 0.717) is 6.04 Å². The molecular formula is C14H23NOS. The molecular weight excluding hydrogens is 230 g/mol. The van der Waals surface area contributed by atoms with Crippen LogP contribution in [0.2, 0.25) is 0 Å². The number of benzene rings is 1. The molecule has 0 amide bonds. The van der Waals surface area contributed by atoms with Crippen molar-refractivity contribution in [3.8, 4) is 0 Å². The van der Waals surface area contributed by atoms with Crippen molar-refractivity contribution in [2.24, 2.45) is 0 Å². The molecule has 1 aromatic rings. The third kappa shape index (κ3) is 3.39. The highest BCUT2D eigenvalue weighted by atomic mass is 32.2. The normalized spacial score (nSPS) is 16.5. The van der Waals surface area contributed by atoms with E-state index in [9.17, 15) is 4.21 Å². The van der Waals surface area contributed by atoms with Crippen LogP contribution in [0.25, 0.3) is 0 Å². The molecule has 0 spiro atoms. The molecule has 17 heavy (non-hydrogen) atoms. The first-order valence-electron chi connectivity index (χ1n) is 6.16. The van der Waals surface area contributed by atoms with Crippen LogP contribution >= 0.6 is 0 Å². The van der Waals surface area contributed by atoms with Gasteiger partial charge in [0.2, 0.25) is 0 Å². The summed E-state index contributed by atoms with van der Waals surface area (Å²) in [6, 6.07) is 6.46. The molecule has 1 rings (SSSR count). The quantitative estimate of drug-likeness (QED) is 0.874. The summed E-state index contributed by atoms with van der Waals surface area (Å²) in [7, 11) is 0.993. The second-order valence-corrected chi connectivity index (χ2v) is 6.35. The maximum Gasteiger partial charge on any atom is 0.0576 e. The molecule has 3 heteroatoms. The third-order valence-electron chi connectivity index (χ3n) is 3.28. The van der Waals surface area contributed by atoms with Crippen molar-refractivity contribution in [2.75, 3.05) is 7.05 Å². The summed E-state index contributed by atoms with van der Waals surface area (Å²) in [6.45, 7) is 8.25. The lowest BCUT2D eigenvalue weighted by molar-refractivity contribution is 0.529. The van der Waals surface area contributed by atoms with Crippen molar-refractivity contribution in [1.82, 2.24) is 5.32 Å². The predicted molar refractivity (Wildman–Crippen MR) is 74.9 cm³/mol. The Labute approximate surface area is 107 Å². The van der Waals surface area contributed by atoms with E-state index in [2.05, 4.69) is 31.3 Å². The van der Waals surface area contributed by atoms with Crippen LogP contribution in [0.15, 0.2) is 23.1 Å². The second-order valence-electron chi connectivity index (χ2n) is 4.57. The fourth-order valence-electron chi connectivity index (χ4n) is 2.04. The number of rotatable bonds is 5. The van der Waals surface area contributed by atoms with E-state index in [0.717, 1.165) is 16.9 Å². The number of hydrogen-bond donors (Lipinski definition) is 1. The molecule has 0 bridgehead atoms. The minimum absolute atomic E-state index is 0.130. The lowest BCUT2D eigenvalue weighted by atomic mass is 10.2. The van der Waals surface area contributed by atoms with E-state index in [4.69, 9.17) is 0 Å². The van der Waals surface area contributed by atoms with Gasteiger partial charge in [-0.05, 0) is 51.4 Å². The van der Waals surface area contributed by atoms with Gasteiger partial charge in [-0.25, -0.2) is 0 Å². The summed E-state index contributed by atoms with van der Waals surface area (Å²) < 4.78 is 12.5. The first-order valence-corrected chi connectivity index (χ1v) is 7.37. The van der Waals surface area contributed by atoms with E-state index in [1.54, 1.807) is 0 Å². The van der Waals surface area contributed by atoms with Crippen LogP contribution < -0.4 is 5.32 Å². The zero-order chi connectivity index (χ0) is 13.0. The van der Waals surface area contributed by atoms with Gasteiger partial charge in [-0.15, -0.1) is 0 Å². The van der Waals surface area contributed by atoms with Crippen LogP contribution in [-0.4, -0.2) is 22.5 Å². The van der Waals surface area contributed by atoms with E-state index >= 15 is 0 Å². The predicted octanol–water partition coefficient (Wildman–Crippen LogP) is 2.80. The molecule has 0 saturated heterocycles. The Kier molecular flexibility index (Phi) is 5.34. The van der Waals surface area contributed by atoms with Crippen LogP contribution in [0.5, 0.6) is 0 Å². The van der Waals surface area contributed by atoms with Crippen molar-refractivity contribution in [3.05, 3.63) is 29.3 Å². The van der Waals surface area contributed by atoms with Gasteiger partial charge in [-0.1, -0.05) is 19.1 Å². The van der Waals surface area contributed by atoms with Crippen LogP contribution in [0, 0.1) is 13.8 Å². The third-order valence-corrected chi connectivity index (χ3v) is 5.15. The van der Waals surface area contributed by atoms with Crippen molar-refractivity contribution in [3.63, 3.8) is 0 Å². The number of aryl methyl sites for hydroxylation is 2. The van der Waals surface area contributed by atoms with Crippen LogP contribution in [0.1, 0.15) is 31.4 Å². The van der Waals surface area contributed by atoms with Gasteiger partial charge in [0.05, 0.1) is 16.0 Å². The molecule has 0 saturated carbocycles. The smallest absolute Gasteiger partial charge is 0.0576 e. The van der Waals surface area contributed by atoms with Crippen LogP contribution in [-0.2, 0) is 10.8 Å². The van der Waals surface area contributed by atoms with E-state index in [-0.39, 0.29) is 5.25 Å². The Morgan fingerprint density at radius 1 is 1.35 bits per heavy atom. The van der Waals surface area contributed by atoms with Gasteiger partial charge in [0, 0.05) is 10.9 Å². The Morgan fingerprint density at radius 2 is 2.00 bits per heavy atom. The highest BCUT2D eigenvalue weighted by Crippen LogP contribution is 2.20. The SMILES string of the molecule is CCC(NC)C(C)S(=O)c1cc(C)ccc1C. The fourth-order valence-corrected chi connectivity index (χ4v) is 3.76. The van der Waals surface area contributed by atoms with Gasteiger partial charge in [-0.2, -0.15) is 0 Å². The zero-order valence-electron chi connectivity index (χ0n) is 11.4. The molecule has 3 atom stereocenters. The maximum atomic E-state index is 12.5. The van der Waals surface area contributed by atoms with Crippen LogP contribution in [0.3, 0.4) is 0 Å². The van der Waals surface area contributed by atoms with Crippen molar-refractivity contribution < 1.29 is 4.21 Å². The van der Waals surface area contributed by atoms with Gasteiger partial charge in [-0.3, -0.25) is 4.21 Å². The minimum atomic E-state index is -0.942. The Morgan fingerprint density at radius 3 is 2.53 bits per heavy atom. The summed E-state index contributed by atoms with van der Waals surface area (Å²) in [5, 5.41) is 3.37. The summed E-state index contributed by atoms with van der Waals surface area (Å²) in [5.74, 6) is 0. The molecule has 2 nitrogen and oxygen atoms in total. The zero-order valence-corrected chi connectivity index (χ0v) is 12.2. The van der Waals surface area contributed by atoms with Gasteiger partial charge >= 0.3 is 0 Å². The van der Waals surface area contributed by atoms with Crippen molar-refractivity contribution in [2.45, 2.75) is 50.3 Å². The molecule has 0 radical (unpaired) electrons. The molecule has 1 N–H and O–H groups in total. The standard InChI is InChI=1S/C14H23NOS/c1-6-13(15-5)12(4)17(16)14-9-10(2)7-8-11(14)3/h7-9,12-13,15H,6H2,1-5H3. The van der Waals surface area contributed by atoms with Crippen LogP contribution in [0.4, 0.5) is 0 Å². The molecule has 0 aromatic heterocycles. The molecule has 0 aliphatic heterocycles. The lowest BCUT2D eigenvalue weighted by Crippen LogP contribution is -2.38. The minimum Gasteiger partial charge on any atom is -0.316 e. The Balaban J connectivity index is 2.99. The molecule has 0 heterocycles. The molecule has 0 aliphatic carbocycles. The fraction of sp³-hybridized carbons (Fsp3) is 0.571. The largest absolute Gasteiger partial charge is 0.316 e.